The van der Waals surface area contributed by atoms with Gasteiger partial charge in [0.05, 0.1) is 18.8 Å². The van der Waals surface area contributed by atoms with Gasteiger partial charge in [-0.25, -0.2) is 14.6 Å². The molecule has 31 heavy (non-hydrogen) atoms. The Bertz CT molecular complexity index is 1280. The molecule has 0 amide bonds. The smallest absolute Gasteiger partial charge is 0.265 e. The number of nitrogen functional groups attached to an aromatic ring is 1. The van der Waals surface area contributed by atoms with E-state index in [4.69, 9.17) is 10.5 Å². The molecule has 0 unspecified atom stereocenters. The fourth-order valence-electron chi connectivity index (χ4n) is 3.89. The van der Waals surface area contributed by atoms with E-state index in [2.05, 4.69) is 20.3 Å². The molecule has 0 atom stereocenters. The maximum absolute atomic E-state index is 10.6. The second-order valence-electron chi connectivity index (χ2n) is 7.71. The molecule has 0 spiro atoms. The van der Waals surface area contributed by atoms with Crippen molar-refractivity contribution < 1.29 is 19.8 Å². The summed E-state index contributed by atoms with van der Waals surface area (Å²) < 4.78 is 7.90. The third kappa shape index (κ3) is 3.30. The Balaban J connectivity index is 1.49. The largest absolute Gasteiger partial charge is 0.497 e. The fourth-order valence-corrected chi connectivity index (χ4v) is 3.89. The maximum Gasteiger partial charge on any atom is 0.265 e. The first kappa shape index (κ1) is 19.2. The normalized spacial score (nSPS) is 15.0. The van der Waals surface area contributed by atoms with E-state index in [-0.39, 0.29) is 12.5 Å². The van der Waals surface area contributed by atoms with Crippen molar-refractivity contribution >= 4 is 16.9 Å². The minimum Gasteiger partial charge on any atom is -0.497 e. The molecular weight excluding hydrogens is 398 g/mol. The zero-order valence-corrected chi connectivity index (χ0v) is 16.9. The van der Waals surface area contributed by atoms with Gasteiger partial charge >= 0.3 is 0 Å². The van der Waals surface area contributed by atoms with Crippen molar-refractivity contribution in [3.8, 4) is 17.1 Å². The Morgan fingerprint density at radius 1 is 1.23 bits per heavy atom. The summed E-state index contributed by atoms with van der Waals surface area (Å²) >= 11 is 0. The first-order valence-corrected chi connectivity index (χ1v) is 9.95. The van der Waals surface area contributed by atoms with Crippen molar-refractivity contribution in [3.05, 3.63) is 54.0 Å². The van der Waals surface area contributed by atoms with Crippen molar-refractivity contribution in [2.24, 2.45) is 0 Å². The van der Waals surface area contributed by atoms with Crippen LogP contribution in [-0.4, -0.2) is 42.4 Å². The lowest BCUT2D eigenvalue weighted by Gasteiger charge is -2.32. The van der Waals surface area contributed by atoms with Gasteiger partial charge in [-0.05, 0) is 37.5 Å². The molecule has 1 aliphatic carbocycles. The number of benzene rings is 1. The van der Waals surface area contributed by atoms with Crippen LogP contribution in [0.4, 0.5) is 5.95 Å². The zero-order valence-electron chi connectivity index (χ0n) is 16.9. The third-order valence-electron chi connectivity index (χ3n) is 5.73. The molecule has 0 aliphatic heterocycles. The van der Waals surface area contributed by atoms with Crippen LogP contribution in [0.5, 0.6) is 5.75 Å². The second kappa shape index (κ2) is 7.17. The van der Waals surface area contributed by atoms with Crippen LogP contribution in [0.3, 0.4) is 0 Å². The number of pyridine rings is 1. The summed E-state index contributed by atoms with van der Waals surface area (Å²) in [4.78, 5) is 8.63. The lowest BCUT2D eigenvalue weighted by atomic mass is 9.77. The van der Waals surface area contributed by atoms with E-state index >= 15 is 0 Å². The summed E-state index contributed by atoms with van der Waals surface area (Å²) in [6.45, 7) is 0.264. The summed E-state index contributed by atoms with van der Waals surface area (Å²) in [5, 5.41) is 30.5. The Labute approximate surface area is 177 Å². The van der Waals surface area contributed by atoms with Gasteiger partial charge in [-0.15, -0.1) is 5.10 Å². The van der Waals surface area contributed by atoms with E-state index in [1.807, 2.05) is 18.2 Å². The van der Waals surface area contributed by atoms with Crippen LogP contribution in [0.1, 0.15) is 30.7 Å². The van der Waals surface area contributed by atoms with Crippen LogP contribution in [0.2, 0.25) is 0 Å². The van der Waals surface area contributed by atoms with Crippen LogP contribution in [0.15, 0.2) is 42.6 Å². The highest BCUT2D eigenvalue weighted by Crippen LogP contribution is 2.39. The number of hydrogen-bond acceptors (Lipinski definition) is 8. The predicted octanol–water partition coefficient (Wildman–Crippen LogP) is 1.42. The van der Waals surface area contributed by atoms with Gasteiger partial charge in [0.1, 0.15) is 23.7 Å². The number of aliphatic hydroxyl groups is 1. The SMILES string of the molecule is COc1ccc2c(-c3cn(Cc4cccc(C5(O)CCC5)[n+]4O)nn3)nc(N)nc2c1. The number of aromatic nitrogens is 6. The van der Waals surface area contributed by atoms with Gasteiger partial charge in [0.2, 0.25) is 5.95 Å². The number of rotatable bonds is 5. The number of hydrogen-bond donors (Lipinski definition) is 3. The van der Waals surface area contributed by atoms with Crippen molar-refractivity contribution in [1.29, 1.82) is 0 Å². The third-order valence-corrected chi connectivity index (χ3v) is 5.73. The van der Waals surface area contributed by atoms with Gasteiger partial charge in [-0.1, -0.05) is 5.21 Å². The van der Waals surface area contributed by atoms with E-state index in [0.29, 0.717) is 46.9 Å². The van der Waals surface area contributed by atoms with Crippen LogP contribution in [0, 0.1) is 0 Å². The van der Waals surface area contributed by atoms with Crippen molar-refractivity contribution in [2.45, 2.75) is 31.4 Å². The van der Waals surface area contributed by atoms with E-state index in [1.165, 1.54) is 0 Å². The minimum atomic E-state index is -0.975. The van der Waals surface area contributed by atoms with E-state index in [1.54, 1.807) is 36.2 Å². The van der Waals surface area contributed by atoms with Gasteiger partial charge in [0.15, 0.2) is 5.60 Å². The summed E-state index contributed by atoms with van der Waals surface area (Å²) in [5.74, 6) is 0.792. The predicted molar refractivity (Wildman–Crippen MR) is 110 cm³/mol. The summed E-state index contributed by atoms with van der Waals surface area (Å²) in [6.07, 6.45) is 3.94. The molecule has 1 fully saturated rings. The number of nitrogens with zero attached hydrogens (tertiary/aromatic N) is 6. The number of anilines is 1. The Morgan fingerprint density at radius 2 is 2.06 bits per heavy atom. The molecule has 4 N–H and O–H groups in total. The quantitative estimate of drug-likeness (QED) is 0.326. The molecule has 10 heteroatoms. The zero-order chi connectivity index (χ0) is 21.6. The molecule has 3 heterocycles. The molecule has 0 radical (unpaired) electrons. The minimum absolute atomic E-state index is 0.125. The number of ether oxygens (including phenoxy) is 1. The maximum atomic E-state index is 10.6. The Hall–Kier alpha value is -3.79. The van der Waals surface area contributed by atoms with Crippen LogP contribution < -0.4 is 15.2 Å². The highest BCUT2D eigenvalue weighted by Gasteiger charge is 2.44. The van der Waals surface area contributed by atoms with E-state index in [9.17, 15) is 10.3 Å². The average Bonchev–Trinajstić information content (AvgIpc) is 3.21. The highest BCUT2D eigenvalue weighted by molar-refractivity contribution is 5.92. The first-order valence-electron chi connectivity index (χ1n) is 9.95. The molecule has 0 bridgehead atoms. The molecule has 3 aromatic heterocycles. The van der Waals surface area contributed by atoms with Gasteiger partial charge in [0.25, 0.3) is 11.4 Å². The highest BCUT2D eigenvalue weighted by atomic mass is 16.5. The fraction of sp³-hybridized carbons (Fsp3) is 0.286. The monoisotopic (exact) mass is 420 g/mol. The molecule has 158 valence electrons. The molecule has 1 saturated carbocycles. The number of fused-ring (bicyclic) bond motifs is 1. The lowest BCUT2D eigenvalue weighted by Crippen LogP contribution is -2.50. The van der Waals surface area contributed by atoms with Gasteiger partial charge in [-0.2, -0.15) is 0 Å². The number of methoxy groups -OCH3 is 1. The van der Waals surface area contributed by atoms with Gasteiger partial charge < -0.3 is 15.6 Å². The summed E-state index contributed by atoms with van der Waals surface area (Å²) in [7, 11) is 1.59. The van der Waals surface area contributed by atoms with E-state index < -0.39 is 5.60 Å². The summed E-state index contributed by atoms with van der Waals surface area (Å²) in [5.41, 5.74) is 7.72. The van der Waals surface area contributed by atoms with Crippen LogP contribution in [-0.2, 0) is 12.1 Å². The van der Waals surface area contributed by atoms with Gasteiger partial charge in [0, 0.05) is 28.3 Å². The molecule has 10 nitrogen and oxygen atoms in total. The van der Waals surface area contributed by atoms with Crippen LogP contribution >= 0.6 is 0 Å². The Morgan fingerprint density at radius 3 is 2.81 bits per heavy atom. The lowest BCUT2D eigenvalue weighted by molar-refractivity contribution is -0.918. The van der Waals surface area contributed by atoms with Crippen molar-refractivity contribution in [1.82, 2.24) is 25.0 Å². The van der Waals surface area contributed by atoms with Crippen molar-refractivity contribution in [2.75, 3.05) is 12.8 Å². The molecule has 1 aliphatic rings. The molecule has 1 aromatic carbocycles. The topological polar surface area (TPSA) is 136 Å². The summed E-state index contributed by atoms with van der Waals surface area (Å²) in [6, 6.07) is 10.8. The van der Waals surface area contributed by atoms with Crippen molar-refractivity contribution in [3.63, 3.8) is 0 Å². The number of nitrogens with two attached hydrogens (primary N) is 1. The second-order valence-corrected chi connectivity index (χ2v) is 7.71. The standard InChI is InChI=1S/C21H22N7O3/c1-31-14-6-7-15-16(10-14)23-20(22)24-19(15)17-12-27(26-25-17)11-13-4-2-5-18(28(13)30)21(29)8-3-9-21/h2,4-7,10,12,29-30H,3,8-9,11H2,1H3,(H2,22,23,24)/q+1. The average molecular weight is 420 g/mol. The molecule has 0 saturated heterocycles. The molecule has 5 rings (SSSR count). The first-order chi connectivity index (χ1) is 15.0. The molecule has 4 aromatic rings. The Kier molecular flexibility index (Phi) is 4.44. The van der Waals surface area contributed by atoms with Crippen LogP contribution in [0.25, 0.3) is 22.3 Å². The molecular formula is C21H22N7O3+. The van der Waals surface area contributed by atoms with Gasteiger partial charge in [-0.3, -0.25) is 5.21 Å². The van der Waals surface area contributed by atoms with E-state index in [0.717, 1.165) is 16.5 Å².